The summed E-state index contributed by atoms with van der Waals surface area (Å²) in [6, 6.07) is 17.8. The molecule has 3 heterocycles. The molecule has 1 aliphatic heterocycles. The van der Waals surface area contributed by atoms with E-state index in [2.05, 4.69) is 20.5 Å². The van der Waals surface area contributed by atoms with E-state index in [1.165, 1.54) is 0 Å². The summed E-state index contributed by atoms with van der Waals surface area (Å²) in [4.78, 5) is 50.0. The van der Waals surface area contributed by atoms with Gasteiger partial charge in [-0.1, -0.05) is 66.0 Å². The Bertz CT molecular complexity index is 2240. The topological polar surface area (TPSA) is 134 Å². The molecule has 0 spiro atoms. The van der Waals surface area contributed by atoms with Gasteiger partial charge in [0.25, 0.3) is 11.8 Å². The van der Waals surface area contributed by atoms with Crippen LogP contribution in [0.3, 0.4) is 0 Å². The van der Waals surface area contributed by atoms with Crippen molar-refractivity contribution in [3.05, 3.63) is 116 Å². The van der Waals surface area contributed by atoms with Crippen molar-refractivity contribution in [2.75, 3.05) is 24.2 Å². The summed E-state index contributed by atoms with van der Waals surface area (Å²) in [5.41, 5.74) is 7.46. The molecule has 2 aromatic heterocycles. The number of likely N-dealkylation sites (N-methyl/N-ethyl adjacent to an activating group) is 1. The summed E-state index contributed by atoms with van der Waals surface area (Å²) in [5.74, 6) is -0.467. The van der Waals surface area contributed by atoms with Crippen LogP contribution in [0.1, 0.15) is 85.6 Å². The minimum atomic E-state index is -0.916. The van der Waals surface area contributed by atoms with Crippen molar-refractivity contribution in [3.8, 4) is 11.1 Å². The van der Waals surface area contributed by atoms with Crippen LogP contribution in [0.15, 0.2) is 60.7 Å². The fourth-order valence-corrected chi connectivity index (χ4v) is 8.26. The lowest BCUT2D eigenvalue weighted by molar-refractivity contribution is 0.0696. The molecule has 7 rings (SSSR count). The Balaban J connectivity index is 1.03. The molecule has 54 heavy (non-hydrogen) atoms. The van der Waals surface area contributed by atoms with E-state index < -0.39 is 5.97 Å². The summed E-state index contributed by atoms with van der Waals surface area (Å²) >= 11 is 13.9. The smallest absolute Gasteiger partial charge is 0.335 e. The molecule has 0 bridgehead atoms. The number of benzene rings is 3. The SMILES string of the molecule is CN1CCc2c(nc(C(=O)Nc3cccc(-c4cccc(NC(=O)c5nc6c(n5C)CCC(CCc5ccc(C(=O)O)cc5)CCC6)c4Cl)c3Cl)n2C)C1. The molecule has 1 aliphatic carbocycles. The van der Waals surface area contributed by atoms with Crippen molar-refractivity contribution in [1.29, 1.82) is 0 Å². The summed E-state index contributed by atoms with van der Waals surface area (Å²) in [6.07, 6.45) is 7.38. The number of amides is 2. The normalized spacial score (nSPS) is 15.8. The number of aromatic carboxylic acids is 1. The van der Waals surface area contributed by atoms with Gasteiger partial charge in [-0.3, -0.25) is 9.59 Å². The number of anilines is 2. The second-order valence-electron chi connectivity index (χ2n) is 14.3. The van der Waals surface area contributed by atoms with Gasteiger partial charge < -0.3 is 29.8 Å². The van der Waals surface area contributed by atoms with Crippen LogP contribution in [-0.2, 0) is 46.3 Å². The summed E-state index contributed by atoms with van der Waals surface area (Å²) < 4.78 is 3.75. The molecule has 11 nitrogen and oxygen atoms in total. The molecule has 3 N–H and O–H groups in total. The minimum absolute atomic E-state index is 0.299. The number of hydrogen-bond donors (Lipinski definition) is 3. The maximum absolute atomic E-state index is 13.7. The Morgan fingerprint density at radius 2 is 1.33 bits per heavy atom. The van der Waals surface area contributed by atoms with E-state index in [0.717, 1.165) is 86.3 Å². The quantitative estimate of drug-likeness (QED) is 0.139. The average Bonchev–Trinajstić information content (AvgIpc) is 3.64. The summed E-state index contributed by atoms with van der Waals surface area (Å²) in [5, 5.41) is 15.7. The molecule has 0 radical (unpaired) electrons. The molecular weight excluding hydrogens is 725 g/mol. The van der Waals surface area contributed by atoms with Gasteiger partial charge >= 0.3 is 5.97 Å². The molecule has 3 aromatic carbocycles. The first-order valence-electron chi connectivity index (χ1n) is 18.3. The first-order chi connectivity index (χ1) is 26.0. The van der Waals surface area contributed by atoms with Gasteiger partial charge in [-0.25, -0.2) is 14.8 Å². The van der Waals surface area contributed by atoms with Crippen LogP contribution in [0, 0.1) is 5.92 Å². The third-order valence-electron chi connectivity index (χ3n) is 10.8. The average molecular weight is 769 g/mol. The lowest BCUT2D eigenvalue weighted by Gasteiger charge is -2.21. The molecule has 0 saturated carbocycles. The number of nitrogens with zero attached hydrogens (tertiary/aromatic N) is 5. The lowest BCUT2D eigenvalue weighted by Crippen LogP contribution is -2.27. The minimum Gasteiger partial charge on any atom is -0.478 e. The summed E-state index contributed by atoms with van der Waals surface area (Å²) in [6.45, 7) is 1.60. The molecule has 2 amide bonds. The second kappa shape index (κ2) is 15.8. The van der Waals surface area contributed by atoms with Gasteiger partial charge in [-0.15, -0.1) is 0 Å². The fraction of sp³-hybridized carbons (Fsp3) is 0.341. The van der Waals surface area contributed by atoms with Gasteiger partial charge in [0.2, 0.25) is 0 Å². The standard InChI is InChI=1S/C41H43Cl2N7O4/c1-48-22-21-34-32(23-48)45-38(50(34)3)40(52)47-31-12-6-9-28(36(31)43)27-8-5-11-30(35(27)42)46-39(51)37-44-29-10-4-7-24(17-20-33(29)49(37)2)13-14-25-15-18-26(19-16-25)41(53)54/h5-6,8-9,11-12,15-16,18-19,24H,4,7,10,13-14,17,20-23H2,1-3H3,(H,46,51)(H,47,52)(H,53,54). The zero-order valence-electron chi connectivity index (χ0n) is 30.6. The van der Waals surface area contributed by atoms with Gasteiger partial charge in [0.15, 0.2) is 11.6 Å². The van der Waals surface area contributed by atoms with Crippen LogP contribution in [0.25, 0.3) is 11.1 Å². The molecule has 1 atom stereocenters. The van der Waals surface area contributed by atoms with Crippen molar-refractivity contribution >= 4 is 52.4 Å². The number of fused-ring (bicyclic) bond motifs is 2. The molecule has 13 heteroatoms. The van der Waals surface area contributed by atoms with E-state index in [4.69, 9.17) is 28.2 Å². The highest BCUT2D eigenvalue weighted by Gasteiger charge is 2.26. The zero-order valence-corrected chi connectivity index (χ0v) is 32.1. The maximum Gasteiger partial charge on any atom is 0.335 e. The number of carbonyl (C=O) groups is 3. The number of hydrogen-bond acceptors (Lipinski definition) is 6. The van der Waals surface area contributed by atoms with Gasteiger partial charge in [-0.05, 0) is 81.3 Å². The van der Waals surface area contributed by atoms with E-state index in [1.807, 2.05) is 54.5 Å². The number of aromatic nitrogens is 4. The highest BCUT2D eigenvalue weighted by molar-refractivity contribution is 6.40. The van der Waals surface area contributed by atoms with E-state index in [0.29, 0.717) is 62.2 Å². The molecule has 0 fully saturated rings. The number of carboxylic acids is 1. The molecule has 5 aromatic rings. The number of halogens is 2. The van der Waals surface area contributed by atoms with Gasteiger partial charge in [0, 0.05) is 56.1 Å². The maximum atomic E-state index is 13.7. The van der Waals surface area contributed by atoms with Crippen LogP contribution in [0.2, 0.25) is 10.0 Å². The number of rotatable bonds is 9. The Hall–Kier alpha value is -4.97. The van der Waals surface area contributed by atoms with Crippen molar-refractivity contribution in [2.45, 2.75) is 57.9 Å². The molecule has 1 unspecified atom stereocenters. The predicted octanol–water partition coefficient (Wildman–Crippen LogP) is 7.84. The fourth-order valence-electron chi connectivity index (χ4n) is 7.71. The third-order valence-corrected chi connectivity index (χ3v) is 11.6. The Labute approximate surface area is 324 Å². The monoisotopic (exact) mass is 767 g/mol. The Kier molecular flexibility index (Phi) is 10.9. The number of carboxylic acid groups (broad SMARTS) is 1. The lowest BCUT2D eigenvalue weighted by atomic mass is 9.87. The highest BCUT2D eigenvalue weighted by Crippen LogP contribution is 2.40. The Morgan fingerprint density at radius 1 is 0.759 bits per heavy atom. The van der Waals surface area contributed by atoms with Gasteiger partial charge in [0.05, 0.1) is 38.4 Å². The number of carbonyl (C=O) groups excluding carboxylic acids is 2. The van der Waals surface area contributed by atoms with Crippen molar-refractivity contribution < 1.29 is 19.5 Å². The second-order valence-corrected chi connectivity index (χ2v) is 15.1. The van der Waals surface area contributed by atoms with Crippen molar-refractivity contribution in [1.82, 2.24) is 24.0 Å². The van der Waals surface area contributed by atoms with Crippen molar-refractivity contribution in [2.24, 2.45) is 20.0 Å². The predicted molar refractivity (Wildman–Crippen MR) is 211 cm³/mol. The first-order valence-corrected chi connectivity index (χ1v) is 19.0. The number of nitrogens with one attached hydrogen (secondary N) is 2. The van der Waals surface area contributed by atoms with E-state index in [9.17, 15) is 19.5 Å². The van der Waals surface area contributed by atoms with Crippen LogP contribution in [0.4, 0.5) is 11.4 Å². The summed E-state index contributed by atoms with van der Waals surface area (Å²) in [7, 11) is 5.78. The largest absolute Gasteiger partial charge is 0.478 e. The van der Waals surface area contributed by atoms with E-state index in [-0.39, 0.29) is 11.8 Å². The molecule has 2 aliphatic rings. The van der Waals surface area contributed by atoms with Crippen LogP contribution >= 0.6 is 23.2 Å². The van der Waals surface area contributed by atoms with E-state index in [1.54, 1.807) is 36.4 Å². The first kappa shape index (κ1) is 37.3. The molecule has 280 valence electrons. The number of aryl methyl sites for hydroxylation is 2. The molecule has 0 saturated heterocycles. The van der Waals surface area contributed by atoms with Crippen LogP contribution in [-0.4, -0.2) is 60.5 Å². The number of imidazole rings is 2. The highest BCUT2D eigenvalue weighted by atomic mass is 35.5. The van der Waals surface area contributed by atoms with Gasteiger partial charge in [0.1, 0.15) is 0 Å². The van der Waals surface area contributed by atoms with E-state index >= 15 is 0 Å². The van der Waals surface area contributed by atoms with Crippen molar-refractivity contribution in [3.63, 3.8) is 0 Å². The van der Waals surface area contributed by atoms with Crippen LogP contribution < -0.4 is 10.6 Å². The third kappa shape index (κ3) is 7.66. The Morgan fingerprint density at radius 3 is 1.93 bits per heavy atom. The molecular formula is C41H43Cl2N7O4. The zero-order chi connectivity index (χ0) is 38.1. The van der Waals surface area contributed by atoms with Crippen LogP contribution in [0.5, 0.6) is 0 Å². The van der Waals surface area contributed by atoms with Gasteiger partial charge in [-0.2, -0.15) is 0 Å².